The quantitative estimate of drug-likeness (QED) is 0.805. The lowest BCUT2D eigenvalue weighted by Crippen LogP contribution is -2.36. The Morgan fingerprint density at radius 1 is 1.39 bits per heavy atom. The number of nitrogens with one attached hydrogen (secondary N) is 1. The van der Waals surface area contributed by atoms with Crippen LogP contribution >= 0.6 is 23.8 Å². The molecule has 0 spiro atoms. The average Bonchev–Trinajstić information content (AvgIpc) is 2.65. The average molecular weight is 283 g/mol. The van der Waals surface area contributed by atoms with E-state index in [-0.39, 0.29) is 5.54 Å². The SMILES string of the molecule is CC1(n2c(=S)[nH]c3cc(Cl)ccc32)CCOCC1. The molecule has 0 bridgehead atoms. The van der Waals surface area contributed by atoms with Gasteiger partial charge >= 0.3 is 0 Å². The number of hydrogen-bond acceptors (Lipinski definition) is 2. The van der Waals surface area contributed by atoms with E-state index < -0.39 is 0 Å². The number of aromatic nitrogens is 2. The molecular formula is C13H15ClN2OS. The van der Waals surface area contributed by atoms with Crippen molar-refractivity contribution < 1.29 is 4.74 Å². The maximum Gasteiger partial charge on any atom is 0.178 e. The predicted octanol–water partition coefficient (Wildman–Crippen LogP) is 3.88. The summed E-state index contributed by atoms with van der Waals surface area (Å²) in [7, 11) is 0. The van der Waals surface area contributed by atoms with Gasteiger partial charge in [0.05, 0.1) is 11.0 Å². The molecule has 5 heteroatoms. The maximum atomic E-state index is 6.02. The standard InChI is InChI=1S/C13H15ClN2OS/c1-13(4-6-17-7-5-13)16-11-3-2-9(14)8-10(11)15-12(16)18/h2-3,8H,4-7H2,1H3,(H,15,18). The third kappa shape index (κ3) is 1.88. The third-order valence-corrected chi connectivity index (χ3v) is 4.27. The van der Waals surface area contributed by atoms with E-state index in [1.807, 2.05) is 18.2 Å². The Labute approximate surface area is 116 Å². The number of rotatable bonds is 1. The molecule has 1 saturated heterocycles. The minimum atomic E-state index is 0.0292. The predicted molar refractivity (Wildman–Crippen MR) is 75.8 cm³/mol. The van der Waals surface area contributed by atoms with Crippen LogP contribution in [-0.2, 0) is 10.3 Å². The minimum absolute atomic E-state index is 0.0292. The van der Waals surface area contributed by atoms with Crippen molar-refractivity contribution in [3.63, 3.8) is 0 Å². The summed E-state index contributed by atoms with van der Waals surface area (Å²) < 4.78 is 8.43. The molecule has 0 unspecified atom stereocenters. The number of H-pyrrole nitrogens is 1. The summed E-state index contributed by atoms with van der Waals surface area (Å²) in [5.74, 6) is 0. The van der Waals surface area contributed by atoms with Crippen molar-refractivity contribution in [2.75, 3.05) is 13.2 Å². The molecule has 1 fully saturated rings. The highest BCUT2D eigenvalue weighted by Gasteiger charge is 2.31. The first-order valence-corrected chi connectivity index (χ1v) is 6.87. The number of nitrogens with zero attached hydrogens (tertiary/aromatic N) is 1. The van der Waals surface area contributed by atoms with E-state index in [1.54, 1.807) is 0 Å². The molecule has 2 aromatic rings. The molecule has 1 aromatic carbocycles. The first kappa shape index (κ1) is 12.2. The molecule has 0 amide bonds. The number of ether oxygens (including phenoxy) is 1. The zero-order valence-electron chi connectivity index (χ0n) is 10.2. The summed E-state index contributed by atoms with van der Waals surface area (Å²) in [5, 5.41) is 0.725. The highest BCUT2D eigenvalue weighted by molar-refractivity contribution is 7.71. The van der Waals surface area contributed by atoms with E-state index in [9.17, 15) is 0 Å². The molecule has 0 aliphatic carbocycles. The molecule has 0 radical (unpaired) electrons. The fraction of sp³-hybridized carbons (Fsp3) is 0.462. The Hall–Kier alpha value is -0.840. The zero-order valence-corrected chi connectivity index (χ0v) is 11.8. The zero-order chi connectivity index (χ0) is 12.8. The van der Waals surface area contributed by atoms with Gasteiger partial charge in [-0.05, 0) is 50.2 Å². The van der Waals surface area contributed by atoms with Crippen molar-refractivity contribution in [2.24, 2.45) is 0 Å². The molecule has 3 rings (SSSR count). The van der Waals surface area contributed by atoms with Gasteiger partial charge in [0.1, 0.15) is 0 Å². The minimum Gasteiger partial charge on any atom is -0.381 e. The van der Waals surface area contributed by atoms with Crippen molar-refractivity contribution in [1.29, 1.82) is 0 Å². The third-order valence-electron chi connectivity index (χ3n) is 3.75. The van der Waals surface area contributed by atoms with E-state index in [4.69, 9.17) is 28.6 Å². The molecule has 2 heterocycles. The van der Waals surface area contributed by atoms with Crippen LogP contribution in [0.25, 0.3) is 11.0 Å². The summed E-state index contributed by atoms with van der Waals surface area (Å²) in [6, 6.07) is 5.86. The molecule has 18 heavy (non-hydrogen) atoms. The van der Waals surface area contributed by atoms with Crippen LogP contribution in [0.15, 0.2) is 18.2 Å². The van der Waals surface area contributed by atoms with Gasteiger partial charge in [-0.3, -0.25) is 0 Å². The second-order valence-electron chi connectivity index (χ2n) is 5.04. The Morgan fingerprint density at radius 2 is 2.11 bits per heavy atom. The summed E-state index contributed by atoms with van der Waals surface area (Å²) >= 11 is 11.5. The maximum absolute atomic E-state index is 6.02. The van der Waals surface area contributed by atoms with Crippen LogP contribution in [0.5, 0.6) is 0 Å². The highest BCUT2D eigenvalue weighted by atomic mass is 35.5. The number of halogens is 1. The van der Waals surface area contributed by atoms with Crippen molar-refractivity contribution in [2.45, 2.75) is 25.3 Å². The largest absolute Gasteiger partial charge is 0.381 e. The van der Waals surface area contributed by atoms with Gasteiger partial charge in [0.2, 0.25) is 0 Å². The Kier molecular flexibility index (Phi) is 2.96. The summed E-state index contributed by atoms with van der Waals surface area (Å²) in [6.45, 7) is 3.82. The summed E-state index contributed by atoms with van der Waals surface area (Å²) in [6.07, 6.45) is 1.97. The number of hydrogen-bond donors (Lipinski definition) is 1. The topological polar surface area (TPSA) is 29.9 Å². The van der Waals surface area contributed by atoms with Crippen LogP contribution < -0.4 is 0 Å². The highest BCUT2D eigenvalue weighted by Crippen LogP contribution is 2.33. The number of aromatic amines is 1. The second-order valence-corrected chi connectivity index (χ2v) is 5.86. The first-order valence-electron chi connectivity index (χ1n) is 6.09. The molecule has 1 aliphatic heterocycles. The molecule has 1 N–H and O–H groups in total. The normalized spacial score (nSPS) is 19.2. The summed E-state index contributed by atoms with van der Waals surface area (Å²) in [5.41, 5.74) is 2.15. The molecule has 1 aromatic heterocycles. The first-order chi connectivity index (χ1) is 8.60. The van der Waals surface area contributed by atoms with Gasteiger partial charge in [-0.2, -0.15) is 0 Å². The second kappa shape index (κ2) is 4.37. The lowest BCUT2D eigenvalue weighted by atomic mass is 9.92. The molecule has 0 atom stereocenters. The summed E-state index contributed by atoms with van der Waals surface area (Å²) in [4.78, 5) is 3.24. The molecule has 96 valence electrons. The van der Waals surface area contributed by atoms with Crippen molar-refractivity contribution in [3.05, 3.63) is 28.0 Å². The van der Waals surface area contributed by atoms with Crippen LogP contribution in [0.2, 0.25) is 5.02 Å². The van der Waals surface area contributed by atoms with Gasteiger partial charge in [0, 0.05) is 23.8 Å². The van der Waals surface area contributed by atoms with Gasteiger partial charge in [0.25, 0.3) is 0 Å². The Balaban J connectivity index is 2.22. The van der Waals surface area contributed by atoms with E-state index in [0.29, 0.717) is 0 Å². The molecule has 3 nitrogen and oxygen atoms in total. The number of benzene rings is 1. The monoisotopic (exact) mass is 282 g/mol. The lowest BCUT2D eigenvalue weighted by Gasteiger charge is -2.35. The van der Waals surface area contributed by atoms with Gasteiger partial charge in [-0.15, -0.1) is 0 Å². The van der Waals surface area contributed by atoms with Crippen molar-refractivity contribution in [3.8, 4) is 0 Å². The van der Waals surface area contributed by atoms with E-state index >= 15 is 0 Å². The molecule has 0 saturated carbocycles. The van der Waals surface area contributed by atoms with Crippen LogP contribution in [-0.4, -0.2) is 22.8 Å². The van der Waals surface area contributed by atoms with Crippen LogP contribution in [0.3, 0.4) is 0 Å². The van der Waals surface area contributed by atoms with Crippen LogP contribution in [0.1, 0.15) is 19.8 Å². The molecular weight excluding hydrogens is 268 g/mol. The van der Waals surface area contributed by atoms with Gasteiger partial charge in [-0.1, -0.05) is 11.6 Å². The van der Waals surface area contributed by atoms with Gasteiger partial charge in [-0.25, -0.2) is 0 Å². The van der Waals surface area contributed by atoms with Gasteiger partial charge in [0.15, 0.2) is 4.77 Å². The van der Waals surface area contributed by atoms with E-state index in [0.717, 1.165) is 46.9 Å². The van der Waals surface area contributed by atoms with E-state index in [1.165, 1.54) is 0 Å². The van der Waals surface area contributed by atoms with Crippen molar-refractivity contribution >= 4 is 34.9 Å². The smallest absolute Gasteiger partial charge is 0.178 e. The lowest BCUT2D eigenvalue weighted by molar-refractivity contribution is 0.0306. The Morgan fingerprint density at radius 3 is 2.83 bits per heavy atom. The molecule has 1 aliphatic rings. The van der Waals surface area contributed by atoms with E-state index in [2.05, 4.69) is 16.5 Å². The number of imidazole rings is 1. The van der Waals surface area contributed by atoms with Crippen LogP contribution in [0, 0.1) is 4.77 Å². The fourth-order valence-electron chi connectivity index (χ4n) is 2.65. The van der Waals surface area contributed by atoms with Crippen LogP contribution in [0.4, 0.5) is 0 Å². The number of fused-ring (bicyclic) bond motifs is 1. The fourth-order valence-corrected chi connectivity index (χ4v) is 3.26. The van der Waals surface area contributed by atoms with Gasteiger partial charge < -0.3 is 14.3 Å². The Bertz CT molecular complexity index is 640. The van der Waals surface area contributed by atoms with Crippen molar-refractivity contribution in [1.82, 2.24) is 9.55 Å².